The van der Waals surface area contributed by atoms with Crippen LogP contribution in [0.1, 0.15) is 31.7 Å². The molecule has 1 aromatic carbocycles. The van der Waals surface area contributed by atoms with E-state index in [1.165, 1.54) is 11.3 Å². The van der Waals surface area contributed by atoms with Crippen molar-refractivity contribution in [2.75, 3.05) is 5.32 Å². The van der Waals surface area contributed by atoms with E-state index in [1.807, 2.05) is 6.92 Å². The average Bonchev–Trinajstić information content (AvgIpc) is 2.94. The predicted molar refractivity (Wildman–Crippen MR) is 88.4 cm³/mol. The molecule has 118 valence electrons. The fourth-order valence-electron chi connectivity index (χ4n) is 1.83. The third-order valence-corrected chi connectivity index (χ3v) is 4.11. The SMILES string of the molecule is CCC[C@@H](C)C(=O)Nc1nnc(COc2ccc(Cl)cc2)s1. The summed E-state index contributed by atoms with van der Waals surface area (Å²) in [5, 5.41) is 12.6. The molecule has 0 unspecified atom stereocenters. The van der Waals surface area contributed by atoms with Crippen LogP contribution in [0.2, 0.25) is 5.02 Å². The Labute approximate surface area is 138 Å². The molecule has 0 spiro atoms. The Hall–Kier alpha value is -1.66. The molecule has 1 N–H and O–H groups in total. The Bertz CT molecular complexity index is 616. The first kappa shape index (κ1) is 16.7. The van der Waals surface area contributed by atoms with Gasteiger partial charge in [-0.3, -0.25) is 4.79 Å². The summed E-state index contributed by atoms with van der Waals surface area (Å²) in [7, 11) is 0. The fourth-order valence-corrected chi connectivity index (χ4v) is 2.61. The normalized spacial score (nSPS) is 12.0. The number of aromatic nitrogens is 2. The van der Waals surface area contributed by atoms with Crippen LogP contribution < -0.4 is 10.1 Å². The zero-order chi connectivity index (χ0) is 15.9. The smallest absolute Gasteiger partial charge is 0.229 e. The van der Waals surface area contributed by atoms with Crippen LogP contribution >= 0.6 is 22.9 Å². The number of amides is 1. The Morgan fingerprint density at radius 2 is 2.09 bits per heavy atom. The van der Waals surface area contributed by atoms with E-state index < -0.39 is 0 Å². The standard InChI is InChI=1S/C15H18ClN3O2S/c1-3-4-10(2)14(20)17-15-19-18-13(22-15)9-21-12-7-5-11(16)6-8-12/h5-8,10H,3-4,9H2,1-2H3,(H,17,19,20)/t10-/m1/s1. The number of anilines is 1. The number of benzene rings is 1. The first-order chi connectivity index (χ1) is 10.6. The molecule has 0 bridgehead atoms. The Kier molecular flexibility index (Phi) is 6.15. The van der Waals surface area contributed by atoms with Gasteiger partial charge in [0.25, 0.3) is 0 Å². The number of halogens is 1. The van der Waals surface area contributed by atoms with E-state index in [2.05, 4.69) is 22.4 Å². The van der Waals surface area contributed by atoms with Crippen molar-refractivity contribution in [2.24, 2.45) is 5.92 Å². The summed E-state index contributed by atoms with van der Waals surface area (Å²) in [5.41, 5.74) is 0. The average molecular weight is 340 g/mol. The highest BCUT2D eigenvalue weighted by Gasteiger charge is 2.14. The van der Waals surface area contributed by atoms with Crippen LogP contribution in [-0.2, 0) is 11.4 Å². The van der Waals surface area contributed by atoms with Gasteiger partial charge in [0.15, 0.2) is 5.01 Å². The second kappa shape index (κ2) is 8.10. The number of carbonyl (C=O) groups excluding carboxylic acids is 1. The van der Waals surface area contributed by atoms with Gasteiger partial charge in [-0.05, 0) is 30.7 Å². The topological polar surface area (TPSA) is 64.1 Å². The highest BCUT2D eigenvalue weighted by molar-refractivity contribution is 7.15. The van der Waals surface area contributed by atoms with Crippen molar-refractivity contribution in [3.8, 4) is 5.75 Å². The van der Waals surface area contributed by atoms with Crippen LogP contribution in [0.15, 0.2) is 24.3 Å². The van der Waals surface area contributed by atoms with Crippen LogP contribution in [0.3, 0.4) is 0 Å². The molecule has 2 aromatic rings. The van der Waals surface area contributed by atoms with Crippen LogP contribution in [0.25, 0.3) is 0 Å². The zero-order valence-corrected chi connectivity index (χ0v) is 14.1. The number of hydrogen-bond donors (Lipinski definition) is 1. The molecule has 0 aliphatic rings. The molecule has 1 atom stereocenters. The number of carbonyl (C=O) groups is 1. The summed E-state index contributed by atoms with van der Waals surface area (Å²) in [5.74, 6) is 0.660. The highest BCUT2D eigenvalue weighted by Crippen LogP contribution is 2.20. The van der Waals surface area contributed by atoms with Gasteiger partial charge in [0.2, 0.25) is 11.0 Å². The van der Waals surface area contributed by atoms with E-state index in [1.54, 1.807) is 24.3 Å². The lowest BCUT2D eigenvalue weighted by Gasteiger charge is -2.08. The molecule has 0 saturated heterocycles. The van der Waals surface area contributed by atoms with Gasteiger partial charge in [-0.2, -0.15) is 0 Å². The molecule has 7 heteroatoms. The molecule has 0 fully saturated rings. The van der Waals surface area contributed by atoms with Crippen molar-refractivity contribution in [1.82, 2.24) is 10.2 Å². The lowest BCUT2D eigenvalue weighted by Crippen LogP contribution is -2.20. The van der Waals surface area contributed by atoms with Gasteiger partial charge < -0.3 is 10.1 Å². The van der Waals surface area contributed by atoms with Gasteiger partial charge >= 0.3 is 0 Å². The molecule has 2 rings (SSSR count). The lowest BCUT2D eigenvalue weighted by molar-refractivity contribution is -0.119. The number of hydrogen-bond acceptors (Lipinski definition) is 5. The monoisotopic (exact) mass is 339 g/mol. The van der Waals surface area contributed by atoms with Gasteiger partial charge in [0.05, 0.1) is 0 Å². The summed E-state index contributed by atoms with van der Waals surface area (Å²) in [6.45, 7) is 4.27. The first-order valence-corrected chi connectivity index (χ1v) is 8.29. The quantitative estimate of drug-likeness (QED) is 0.823. The second-order valence-corrected chi connectivity index (χ2v) is 6.42. The third kappa shape index (κ3) is 4.96. The molecule has 1 amide bonds. The number of nitrogens with zero attached hydrogens (tertiary/aromatic N) is 2. The molecular weight excluding hydrogens is 322 g/mol. The maximum absolute atomic E-state index is 11.9. The molecule has 1 heterocycles. The minimum atomic E-state index is -0.0253. The van der Waals surface area contributed by atoms with Crippen molar-refractivity contribution < 1.29 is 9.53 Å². The van der Waals surface area contributed by atoms with Crippen LogP contribution in [-0.4, -0.2) is 16.1 Å². The number of nitrogens with one attached hydrogen (secondary N) is 1. The number of ether oxygens (including phenoxy) is 1. The Balaban J connectivity index is 1.86. The molecule has 0 aliphatic carbocycles. The first-order valence-electron chi connectivity index (χ1n) is 7.10. The second-order valence-electron chi connectivity index (χ2n) is 4.92. The fraction of sp³-hybridized carbons (Fsp3) is 0.400. The summed E-state index contributed by atoms with van der Waals surface area (Å²) in [6, 6.07) is 7.10. The molecule has 0 saturated carbocycles. The highest BCUT2D eigenvalue weighted by atomic mass is 35.5. The maximum Gasteiger partial charge on any atom is 0.229 e. The van der Waals surface area contributed by atoms with Crippen LogP contribution in [0.4, 0.5) is 5.13 Å². The molecular formula is C15H18ClN3O2S. The van der Waals surface area contributed by atoms with Crippen LogP contribution in [0.5, 0.6) is 5.75 Å². The molecule has 1 aromatic heterocycles. The summed E-state index contributed by atoms with van der Waals surface area (Å²) < 4.78 is 5.59. The van der Waals surface area contributed by atoms with E-state index in [4.69, 9.17) is 16.3 Å². The van der Waals surface area contributed by atoms with Crippen LogP contribution in [0, 0.1) is 5.92 Å². The predicted octanol–water partition coefficient (Wildman–Crippen LogP) is 4.15. The Morgan fingerprint density at radius 1 is 1.36 bits per heavy atom. The van der Waals surface area contributed by atoms with Gasteiger partial charge in [0, 0.05) is 10.9 Å². The van der Waals surface area contributed by atoms with E-state index in [-0.39, 0.29) is 11.8 Å². The van der Waals surface area contributed by atoms with E-state index >= 15 is 0 Å². The summed E-state index contributed by atoms with van der Waals surface area (Å²) >= 11 is 7.13. The molecule has 0 radical (unpaired) electrons. The summed E-state index contributed by atoms with van der Waals surface area (Å²) in [6.07, 6.45) is 1.84. The maximum atomic E-state index is 11.9. The minimum Gasteiger partial charge on any atom is -0.486 e. The largest absolute Gasteiger partial charge is 0.486 e. The van der Waals surface area contributed by atoms with Crippen molar-refractivity contribution >= 4 is 34.0 Å². The molecule has 0 aliphatic heterocycles. The van der Waals surface area contributed by atoms with Crippen molar-refractivity contribution in [1.29, 1.82) is 0 Å². The van der Waals surface area contributed by atoms with Crippen molar-refractivity contribution in [2.45, 2.75) is 33.3 Å². The lowest BCUT2D eigenvalue weighted by atomic mass is 10.1. The molecule has 22 heavy (non-hydrogen) atoms. The minimum absolute atomic E-state index is 0.0248. The van der Waals surface area contributed by atoms with Gasteiger partial charge in [-0.1, -0.05) is 43.2 Å². The van der Waals surface area contributed by atoms with E-state index in [0.29, 0.717) is 27.5 Å². The van der Waals surface area contributed by atoms with E-state index in [0.717, 1.165) is 12.8 Å². The third-order valence-electron chi connectivity index (χ3n) is 3.04. The van der Waals surface area contributed by atoms with Crippen molar-refractivity contribution in [3.05, 3.63) is 34.3 Å². The summed E-state index contributed by atoms with van der Waals surface area (Å²) in [4.78, 5) is 11.9. The van der Waals surface area contributed by atoms with E-state index in [9.17, 15) is 4.79 Å². The zero-order valence-electron chi connectivity index (χ0n) is 12.5. The Morgan fingerprint density at radius 3 is 2.77 bits per heavy atom. The van der Waals surface area contributed by atoms with Gasteiger partial charge in [-0.25, -0.2) is 0 Å². The number of rotatable bonds is 7. The van der Waals surface area contributed by atoms with Crippen molar-refractivity contribution in [3.63, 3.8) is 0 Å². The van der Waals surface area contributed by atoms with Gasteiger partial charge in [-0.15, -0.1) is 10.2 Å². The van der Waals surface area contributed by atoms with Gasteiger partial charge in [0.1, 0.15) is 12.4 Å². The molecule has 5 nitrogen and oxygen atoms in total.